The number of ketones is 1. The molecule has 0 saturated heterocycles. The van der Waals surface area contributed by atoms with E-state index in [0.717, 1.165) is 40.5 Å². The summed E-state index contributed by atoms with van der Waals surface area (Å²) in [6.07, 6.45) is 12.6. The minimum Gasteiger partial charge on any atom is -0.289 e. The van der Waals surface area contributed by atoms with Crippen LogP contribution in [0.5, 0.6) is 0 Å². The fourth-order valence-electron chi connectivity index (χ4n) is 2.60. The highest BCUT2D eigenvalue weighted by Gasteiger charge is 2.21. The minimum atomic E-state index is 0.0308. The van der Waals surface area contributed by atoms with Gasteiger partial charge in [0.1, 0.15) is 10.1 Å². The number of halogens is 2. The standard InChI is InChI=1S/C18H16Cl2N4OS2/c19-10-26-16-8-21-14(6-23-16)4-12-2-1-3-13(18(12)25)5-15-7-24-17(9-22-15)27-11-20/h4-9H,1-3,10-11H2. The third-order valence-electron chi connectivity index (χ3n) is 3.82. The van der Waals surface area contributed by atoms with Crippen LogP contribution >= 0.6 is 46.7 Å². The molecule has 1 aliphatic rings. The van der Waals surface area contributed by atoms with Gasteiger partial charge in [0, 0.05) is 11.1 Å². The van der Waals surface area contributed by atoms with Crippen LogP contribution in [0.3, 0.4) is 0 Å². The van der Waals surface area contributed by atoms with Crippen molar-refractivity contribution in [3.05, 3.63) is 47.3 Å². The van der Waals surface area contributed by atoms with Gasteiger partial charge in [-0.15, -0.1) is 23.2 Å². The number of hydrogen-bond donors (Lipinski definition) is 0. The highest BCUT2D eigenvalue weighted by Crippen LogP contribution is 2.27. The van der Waals surface area contributed by atoms with Crippen molar-refractivity contribution in [1.29, 1.82) is 0 Å². The average molecular weight is 439 g/mol. The number of carbonyl (C=O) groups excluding carboxylic acids is 1. The third kappa shape index (κ3) is 5.78. The number of thioether (sulfide) groups is 2. The summed E-state index contributed by atoms with van der Waals surface area (Å²) < 4.78 is 0. The zero-order valence-corrected chi connectivity index (χ0v) is 17.4. The summed E-state index contributed by atoms with van der Waals surface area (Å²) in [6, 6.07) is 0. The SMILES string of the molecule is O=C1C(=Cc2cnc(SCCl)cn2)CCCC1=Cc1cnc(SCCl)cn1. The van der Waals surface area contributed by atoms with Gasteiger partial charge < -0.3 is 0 Å². The molecule has 2 aromatic heterocycles. The van der Waals surface area contributed by atoms with Gasteiger partial charge in [0.05, 0.1) is 46.6 Å². The maximum atomic E-state index is 12.8. The van der Waals surface area contributed by atoms with E-state index < -0.39 is 0 Å². The van der Waals surface area contributed by atoms with Gasteiger partial charge >= 0.3 is 0 Å². The minimum absolute atomic E-state index is 0.0308. The Morgan fingerprint density at radius 1 is 0.815 bits per heavy atom. The van der Waals surface area contributed by atoms with Crippen molar-refractivity contribution < 1.29 is 4.79 Å². The van der Waals surface area contributed by atoms with Crippen molar-refractivity contribution in [2.75, 3.05) is 10.4 Å². The van der Waals surface area contributed by atoms with Gasteiger partial charge in [-0.05, 0) is 31.4 Å². The second-order valence-corrected chi connectivity index (χ2v) is 8.75. The van der Waals surface area contributed by atoms with E-state index in [1.54, 1.807) is 24.8 Å². The van der Waals surface area contributed by atoms with Gasteiger partial charge in [-0.1, -0.05) is 23.5 Å². The van der Waals surface area contributed by atoms with Crippen LogP contribution in [0.1, 0.15) is 30.7 Å². The Kier molecular flexibility index (Phi) is 7.70. The normalized spacial score (nSPS) is 17.6. The van der Waals surface area contributed by atoms with Crippen molar-refractivity contribution in [1.82, 2.24) is 19.9 Å². The molecule has 0 aliphatic heterocycles. The van der Waals surface area contributed by atoms with Crippen LogP contribution in [0.4, 0.5) is 0 Å². The van der Waals surface area contributed by atoms with E-state index in [4.69, 9.17) is 23.2 Å². The van der Waals surface area contributed by atoms with Crippen LogP contribution in [-0.2, 0) is 4.79 Å². The second-order valence-electron chi connectivity index (χ2n) is 5.59. The molecule has 1 saturated carbocycles. The molecule has 140 valence electrons. The zero-order chi connectivity index (χ0) is 19.1. The molecular weight excluding hydrogens is 423 g/mol. The topological polar surface area (TPSA) is 68.6 Å². The molecule has 0 unspecified atom stereocenters. The monoisotopic (exact) mass is 438 g/mol. The number of rotatable bonds is 6. The molecule has 2 heterocycles. The first kappa shape index (κ1) is 20.3. The first-order chi connectivity index (χ1) is 13.2. The highest BCUT2D eigenvalue weighted by atomic mass is 35.5. The van der Waals surface area contributed by atoms with E-state index in [2.05, 4.69) is 19.9 Å². The summed E-state index contributed by atoms with van der Waals surface area (Å²) in [5.74, 6) is 0.0308. The summed E-state index contributed by atoms with van der Waals surface area (Å²) >= 11 is 14.2. The zero-order valence-electron chi connectivity index (χ0n) is 14.3. The lowest BCUT2D eigenvalue weighted by molar-refractivity contribution is -0.112. The predicted molar refractivity (Wildman–Crippen MR) is 112 cm³/mol. The van der Waals surface area contributed by atoms with Gasteiger partial charge in [0.25, 0.3) is 0 Å². The molecule has 0 aromatic carbocycles. The van der Waals surface area contributed by atoms with E-state index in [0.29, 0.717) is 21.8 Å². The molecule has 5 nitrogen and oxygen atoms in total. The van der Waals surface area contributed by atoms with Gasteiger partial charge in [-0.25, -0.2) is 9.97 Å². The molecule has 1 fully saturated rings. The summed E-state index contributed by atoms with van der Waals surface area (Å²) in [6.45, 7) is 0. The maximum absolute atomic E-state index is 12.8. The smallest absolute Gasteiger partial charge is 0.185 e. The van der Waals surface area contributed by atoms with Gasteiger partial charge in [0.15, 0.2) is 5.78 Å². The first-order valence-corrected chi connectivity index (χ1v) is 11.2. The van der Waals surface area contributed by atoms with E-state index >= 15 is 0 Å². The number of nitrogens with zero attached hydrogens (tertiary/aromatic N) is 4. The molecule has 27 heavy (non-hydrogen) atoms. The summed E-state index contributed by atoms with van der Waals surface area (Å²) in [5.41, 5.74) is 2.81. The largest absolute Gasteiger partial charge is 0.289 e. The summed E-state index contributed by atoms with van der Waals surface area (Å²) in [4.78, 5) is 30.0. The average Bonchev–Trinajstić information content (AvgIpc) is 2.68. The highest BCUT2D eigenvalue weighted by molar-refractivity contribution is 8.00. The third-order valence-corrected chi connectivity index (χ3v) is 5.71. The van der Waals surface area contributed by atoms with E-state index in [1.807, 2.05) is 12.2 Å². The quantitative estimate of drug-likeness (QED) is 0.354. The maximum Gasteiger partial charge on any atom is 0.185 e. The lowest BCUT2D eigenvalue weighted by atomic mass is 9.88. The number of Topliss-reactive ketones (excluding diaryl/α,β-unsaturated/α-hetero) is 1. The Bertz CT molecular complexity index is 785. The number of alkyl halides is 2. The number of hydrogen-bond acceptors (Lipinski definition) is 7. The molecule has 3 rings (SSSR count). The second kappa shape index (κ2) is 10.2. The van der Waals surface area contributed by atoms with E-state index in [9.17, 15) is 4.79 Å². The Hall–Kier alpha value is -1.41. The van der Waals surface area contributed by atoms with Crippen molar-refractivity contribution in [3.8, 4) is 0 Å². The molecule has 9 heteroatoms. The van der Waals surface area contributed by atoms with E-state index in [-0.39, 0.29) is 5.78 Å². The molecule has 2 aromatic rings. The van der Waals surface area contributed by atoms with Crippen molar-refractivity contribution in [3.63, 3.8) is 0 Å². The molecule has 0 bridgehead atoms. The predicted octanol–water partition coefficient (Wildman–Crippen LogP) is 5.06. The Balaban J connectivity index is 1.76. The van der Waals surface area contributed by atoms with Crippen LogP contribution in [-0.4, -0.2) is 36.1 Å². The van der Waals surface area contributed by atoms with Gasteiger partial charge in [-0.3, -0.25) is 14.8 Å². The van der Waals surface area contributed by atoms with Crippen LogP contribution in [0.25, 0.3) is 12.2 Å². The van der Waals surface area contributed by atoms with Crippen molar-refractivity contribution in [2.24, 2.45) is 0 Å². The van der Waals surface area contributed by atoms with Crippen molar-refractivity contribution >= 4 is 64.7 Å². The first-order valence-electron chi connectivity index (χ1n) is 8.17. The summed E-state index contributed by atoms with van der Waals surface area (Å²) in [5, 5.41) is 2.38. The lowest BCUT2D eigenvalue weighted by Crippen LogP contribution is -2.12. The van der Waals surface area contributed by atoms with E-state index in [1.165, 1.54) is 23.5 Å². The van der Waals surface area contributed by atoms with Gasteiger partial charge in [-0.2, -0.15) is 0 Å². The Labute approximate surface area is 176 Å². The number of carbonyl (C=O) groups is 1. The van der Waals surface area contributed by atoms with Crippen LogP contribution in [0.2, 0.25) is 0 Å². The number of allylic oxidation sites excluding steroid dienone is 2. The lowest BCUT2D eigenvalue weighted by Gasteiger charge is -2.16. The van der Waals surface area contributed by atoms with Crippen molar-refractivity contribution in [2.45, 2.75) is 29.3 Å². The van der Waals surface area contributed by atoms with Crippen LogP contribution in [0, 0.1) is 0 Å². The van der Waals surface area contributed by atoms with Crippen LogP contribution < -0.4 is 0 Å². The molecule has 0 spiro atoms. The fourth-order valence-corrected chi connectivity index (χ4v) is 4.00. The molecule has 0 atom stereocenters. The number of aromatic nitrogens is 4. The van der Waals surface area contributed by atoms with Crippen LogP contribution in [0.15, 0.2) is 46.0 Å². The van der Waals surface area contributed by atoms with Gasteiger partial charge in [0.2, 0.25) is 0 Å². The molecule has 0 radical (unpaired) electrons. The molecule has 0 amide bonds. The fraction of sp³-hybridized carbons (Fsp3) is 0.278. The molecular formula is C18H16Cl2N4OS2. The molecule has 0 N–H and O–H groups in total. The summed E-state index contributed by atoms with van der Waals surface area (Å²) in [7, 11) is 0. The molecule has 1 aliphatic carbocycles. The Morgan fingerprint density at radius 3 is 1.67 bits per heavy atom. The Morgan fingerprint density at radius 2 is 1.30 bits per heavy atom.